The van der Waals surface area contributed by atoms with Gasteiger partial charge in [0, 0.05) is 19.1 Å². The van der Waals surface area contributed by atoms with E-state index in [1.54, 1.807) is 0 Å². The monoisotopic (exact) mass is 451 g/mol. The van der Waals surface area contributed by atoms with E-state index in [1.165, 1.54) is 5.56 Å². The van der Waals surface area contributed by atoms with E-state index in [2.05, 4.69) is 41.8 Å². The van der Waals surface area contributed by atoms with Crippen LogP contribution in [0.4, 0.5) is 4.79 Å². The Hall–Kier alpha value is -3.22. The van der Waals surface area contributed by atoms with Gasteiger partial charge in [-0.25, -0.2) is 4.79 Å². The molecule has 7 nitrogen and oxygen atoms in total. The Balaban J connectivity index is 1.43. The standard InChI is InChI=1S/C26H33N3O4/c1-4-18-5-8-20(9-6-18)22-11-10-21(15-29(22)26(31)28-17(2)3)25(30)27-14-19-7-12-23-24(13-19)33-16-32-23/h5-9,12-13,17,21-22H,4,10-11,14-16H2,1-3H3,(H,27,30)(H,28,31). The number of carbonyl (C=O) groups excluding carboxylic acids is 2. The molecule has 4 rings (SSSR count). The molecule has 2 aromatic rings. The van der Waals surface area contributed by atoms with E-state index >= 15 is 0 Å². The Morgan fingerprint density at radius 2 is 1.76 bits per heavy atom. The molecule has 33 heavy (non-hydrogen) atoms. The van der Waals surface area contributed by atoms with Crippen molar-refractivity contribution in [3.63, 3.8) is 0 Å². The molecule has 1 fully saturated rings. The van der Waals surface area contributed by atoms with Crippen LogP contribution in [0.5, 0.6) is 11.5 Å². The second kappa shape index (κ2) is 10.1. The van der Waals surface area contributed by atoms with Crippen molar-refractivity contribution in [2.75, 3.05) is 13.3 Å². The quantitative estimate of drug-likeness (QED) is 0.691. The average molecular weight is 452 g/mol. The minimum atomic E-state index is -0.247. The van der Waals surface area contributed by atoms with Crippen LogP contribution in [-0.2, 0) is 17.8 Å². The van der Waals surface area contributed by atoms with Gasteiger partial charge in [0.15, 0.2) is 11.5 Å². The summed E-state index contributed by atoms with van der Waals surface area (Å²) in [5, 5.41) is 6.04. The molecule has 2 atom stereocenters. The van der Waals surface area contributed by atoms with Crippen molar-refractivity contribution in [3.05, 3.63) is 59.2 Å². The molecule has 2 aliphatic heterocycles. The fraction of sp³-hybridized carbons (Fsp3) is 0.462. The van der Waals surface area contributed by atoms with Gasteiger partial charge in [-0.3, -0.25) is 4.79 Å². The van der Waals surface area contributed by atoms with Crippen molar-refractivity contribution in [2.24, 2.45) is 5.92 Å². The maximum atomic E-state index is 13.0. The van der Waals surface area contributed by atoms with Gasteiger partial charge in [0.1, 0.15) is 0 Å². The van der Waals surface area contributed by atoms with Gasteiger partial charge < -0.3 is 25.0 Å². The zero-order valence-electron chi connectivity index (χ0n) is 19.6. The van der Waals surface area contributed by atoms with Gasteiger partial charge in [-0.15, -0.1) is 0 Å². The van der Waals surface area contributed by atoms with E-state index in [0.29, 0.717) is 18.8 Å². The summed E-state index contributed by atoms with van der Waals surface area (Å²) in [5.41, 5.74) is 3.34. The molecule has 2 N–H and O–H groups in total. The first kappa shape index (κ1) is 23.0. The summed E-state index contributed by atoms with van der Waals surface area (Å²) in [6.07, 6.45) is 2.46. The predicted molar refractivity (Wildman–Crippen MR) is 126 cm³/mol. The number of rotatable bonds is 6. The maximum absolute atomic E-state index is 13.0. The summed E-state index contributed by atoms with van der Waals surface area (Å²) >= 11 is 0. The molecule has 0 radical (unpaired) electrons. The first-order valence-electron chi connectivity index (χ1n) is 11.8. The van der Waals surface area contributed by atoms with Crippen molar-refractivity contribution < 1.29 is 19.1 Å². The Morgan fingerprint density at radius 1 is 1.03 bits per heavy atom. The van der Waals surface area contributed by atoms with Crippen LogP contribution in [0.2, 0.25) is 0 Å². The minimum absolute atomic E-state index is 0.0285. The molecule has 2 aromatic carbocycles. The number of amides is 3. The first-order chi connectivity index (χ1) is 15.9. The third-order valence-electron chi connectivity index (χ3n) is 6.30. The summed E-state index contributed by atoms with van der Waals surface area (Å²) in [6, 6.07) is 14.0. The highest BCUT2D eigenvalue weighted by molar-refractivity contribution is 5.81. The van der Waals surface area contributed by atoms with Crippen LogP contribution in [0, 0.1) is 5.92 Å². The largest absolute Gasteiger partial charge is 0.454 e. The minimum Gasteiger partial charge on any atom is -0.454 e. The Bertz CT molecular complexity index is 990. The Labute approximate surface area is 195 Å². The number of urea groups is 1. The Morgan fingerprint density at radius 3 is 2.48 bits per heavy atom. The number of nitrogens with zero attached hydrogens (tertiary/aromatic N) is 1. The van der Waals surface area contributed by atoms with Crippen LogP contribution in [-0.4, -0.2) is 36.2 Å². The van der Waals surface area contributed by atoms with Crippen LogP contribution in [0.3, 0.4) is 0 Å². The number of hydrogen-bond acceptors (Lipinski definition) is 4. The molecule has 2 heterocycles. The molecule has 0 aliphatic carbocycles. The molecule has 176 valence electrons. The van der Waals surface area contributed by atoms with E-state index in [9.17, 15) is 9.59 Å². The highest BCUT2D eigenvalue weighted by Crippen LogP contribution is 2.35. The van der Waals surface area contributed by atoms with E-state index in [-0.39, 0.29) is 36.7 Å². The Kier molecular flexibility index (Phi) is 7.06. The molecule has 0 spiro atoms. The zero-order chi connectivity index (χ0) is 23.4. The number of hydrogen-bond donors (Lipinski definition) is 2. The van der Waals surface area contributed by atoms with Gasteiger partial charge in [0.25, 0.3) is 0 Å². The third kappa shape index (κ3) is 5.41. The van der Waals surface area contributed by atoms with Crippen LogP contribution in [0.1, 0.15) is 56.3 Å². The number of piperidine rings is 1. The van der Waals surface area contributed by atoms with Gasteiger partial charge in [0.05, 0.1) is 12.0 Å². The van der Waals surface area contributed by atoms with Gasteiger partial charge in [0.2, 0.25) is 12.7 Å². The highest BCUT2D eigenvalue weighted by atomic mass is 16.7. The van der Waals surface area contributed by atoms with Gasteiger partial charge in [-0.2, -0.15) is 0 Å². The normalized spacial score (nSPS) is 19.5. The van der Waals surface area contributed by atoms with Gasteiger partial charge in [-0.1, -0.05) is 37.3 Å². The molecule has 0 saturated carbocycles. The number of likely N-dealkylation sites (tertiary alicyclic amines) is 1. The van der Waals surface area contributed by atoms with Crippen molar-refractivity contribution in [3.8, 4) is 11.5 Å². The smallest absolute Gasteiger partial charge is 0.318 e. The SMILES string of the molecule is CCc1ccc(C2CCC(C(=O)NCc3ccc4c(c3)OCO4)CN2C(=O)NC(C)C)cc1. The number of aryl methyl sites for hydroxylation is 1. The first-order valence-corrected chi connectivity index (χ1v) is 11.8. The average Bonchev–Trinajstić information content (AvgIpc) is 3.30. The molecule has 0 aromatic heterocycles. The lowest BCUT2D eigenvalue weighted by Gasteiger charge is -2.39. The van der Waals surface area contributed by atoms with Crippen molar-refractivity contribution in [1.82, 2.24) is 15.5 Å². The molecular weight excluding hydrogens is 418 g/mol. The van der Waals surface area contributed by atoms with Crippen molar-refractivity contribution in [2.45, 2.75) is 58.7 Å². The fourth-order valence-electron chi connectivity index (χ4n) is 4.45. The second-order valence-electron chi connectivity index (χ2n) is 9.05. The maximum Gasteiger partial charge on any atom is 0.318 e. The summed E-state index contributed by atoms with van der Waals surface area (Å²) < 4.78 is 10.8. The van der Waals surface area contributed by atoms with E-state index in [1.807, 2.05) is 36.9 Å². The van der Waals surface area contributed by atoms with E-state index in [4.69, 9.17) is 9.47 Å². The van der Waals surface area contributed by atoms with Gasteiger partial charge in [-0.05, 0) is 61.9 Å². The van der Waals surface area contributed by atoms with Crippen LogP contribution in [0.25, 0.3) is 0 Å². The fourth-order valence-corrected chi connectivity index (χ4v) is 4.45. The zero-order valence-corrected chi connectivity index (χ0v) is 19.6. The van der Waals surface area contributed by atoms with E-state index in [0.717, 1.165) is 36.1 Å². The molecular formula is C26H33N3O4. The van der Waals surface area contributed by atoms with Crippen molar-refractivity contribution in [1.29, 1.82) is 0 Å². The summed E-state index contributed by atoms with van der Waals surface area (Å²) in [7, 11) is 0. The third-order valence-corrected chi connectivity index (χ3v) is 6.30. The van der Waals surface area contributed by atoms with Crippen LogP contribution < -0.4 is 20.1 Å². The highest BCUT2D eigenvalue weighted by Gasteiger charge is 2.35. The van der Waals surface area contributed by atoms with Gasteiger partial charge >= 0.3 is 6.03 Å². The summed E-state index contributed by atoms with van der Waals surface area (Å²) in [6.45, 7) is 7.05. The lowest BCUT2D eigenvalue weighted by Crippen LogP contribution is -2.51. The molecule has 2 aliphatic rings. The van der Waals surface area contributed by atoms with Crippen LogP contribution >= 0.6 is 0 Å². The van der Waals surface area contributed by atoms with Crippen LogP contribution in [0.15, 0.2) is 42.5 Å². The topological polar surface area (TPSA) is 79.9 Å². The summed E-state index contributed by atoms with van der Waals surface area (Å²) in [4.78, 5) is 27.9. The molecule has 1 saturated heterocycles. The number of benzene rings is 2. The van der Waals surface area contributed by atoms with Crippen molar-refractivity contribution >= 4 is 11.9 Å². The number of carbonyl (C=O) groups is 2. The number of fused-ring (bicyclic) bond motifs is 1. The molecule has 7 heteroatoms. The number of nitrogens with one attached hydrogen (secondary N) is 2. The molecule has 0 bridgehead atoms. The lowest BCUT2D eigenvalue weighted by molar-refractivity contribution is -0.126. The molecule has 3 amide bonds. The molecule has 2 unspecified atom stereocenters. The lowest BCUT2D eigenvalue weighted by atomic mass is 9.88. The number of ether oxygens (including phenoxy) is 2. The van der Waals surface area contributed by atoms with E-state index < -0.39 is 0 Å². The second-order valence-corrected chi connectivity index (χ2v) is 9.05. The summed E-state index contributed by atoms with van der Waals surface area (Å²) in [5.74, 6) is 1.15. The predicted octanol–water partition coefficient (Wildman–Crippen LogP) is 4.17.